The summed E-state index contributed by atoms with van der Waals surface area (Å²) >= 11 is 0. The van der Waals surface area contributed by atoms with Crippen LogP contribution >= 0.6 is 0 Å². The molecule has 1 aliphatic carbocycles. The second-order valence-electron chi connectivity index (χ2n) is 6.95. The van der Waals surface area contributed by atoms with Crippen LogP contribution in [-0.2, 0) is 4.79 Å². The molecule has 21 heavy (non-hydrogen) atoms. The highest BCUT2D eigenvalue weighted by molar-refractivity contribution is 5.92. The number of anilines is 1. The van der Waals surface area contributed by atoms with Gasteiger partial charge in [-0.25, -0.2) is 13.2 Å². The summed E-state index contributed by atoms with van der Waals surface area (Å²) in [7, 11) is 0. The van der Waals surface area contributed by atoms with Gasteiger partial charge >= 0.3 is 0 Å². The topological polar surface area (TPSA) is 29.1 Å². The van der Waals surface area contributed by atoms with Crippen LogP contribution in [-0.4, -0.2) is 11.8 Å². The average molecular weight is 299 g/mol. The van der Waals surface area contributed by atoms with Crippen LogP contribution in [0.5, 0.6) is 0 Å². The number of hydrogen-bond donors (Lipinski definition) is 1. The second-order valence-corrected chi connectivity index (χ2v) is 6.95. The maximum absolute atomic E-state index is 14.0. The Hall–Kier alpha value is -1.52. The summed E-state index contributed by atoms with van der Waals surface area (Å²) < 4.78 is 40.0. The third kappa shape index (κ3) is 3.99. The highest BCUT2D eigenvalue weighted by atomic mass is 19.3. The first-order chi connectivity index (χ1) is 9.57. The van der Waals surface area contributed by atoms with Gasteiger partial charge in [0.2, 0.25) is 11.8 Å². The number of rotatable bonds is 3. The number of benzene rings is 1. The third-order valence-electron chi connectivity index (χ3n) is 3.53. The lowest BCUT2D eigenvalue weighted by atomic mass is 9.76. The minimum Gasteiger partial charge on any atom is -0.323 e. The van der Waals surface area contributed by atoms with E-state index in [-0.39, 0.29) is 36.3 Å². The number of para-hydroxylation sites is 1. The van der Waals surface area contributed by atoms with Crippen molar-refractivity contribution in [2.45, 2.75) is 51.9 Å². The Balaban J connectivity index is 2.17. The van der Waals surface area contributed by atoms with Crippen molar-refractivity contribution in [3.63, 3.8) is 0 Å². The van der Waals surface area contributed by atoms with E-state index in [1.807, 2.05) is 20.8 Å². The SMILES string of the molecule is CC(C)(C)CC(=O)Nc1c(F)cccc1C1CC(F)(F)C1. The predicted molar refractivity (Wildman–Crippen MR) is 76.0 cm³/mol. The molecule has 1 amide bonds. The molecule has 1 N–H and O–H groups in total. The van der Waals surface area contributed by atoms with E-state index in [2.05, 4.69) is 5.32 Å². The van der Waals surface area contributed by atoms with Crippen LogP contribution < -0.4 is 5.32 Å². The molecule has 0 aliphatic heterocycles. The normalized spacial score (nSPS) is 18.2. The van der Waals surface area contributed by atoms with Crippen LogP contribution in [0.1, 0.15) is 51.5 Å². The number of amides is 1. The van der Waals surface area contributed by atoms with E-state index < -0.39 is 17.7 Å². The van der Waals surface area contributed by atoms with Gasteiger partial charge in [0, 0.05) is 19.3 Å². The van der Waals surface area contributed by atoms with E-state index in [0.717, 1.165) is 0 Å². The Morgan fingerprint density at radius 3 is 2.48 bits per heavy atom. The van der Waals surface area contributed by atoms with Crippen LogP contribution in [0.15, 0.2) is 18.2 Å². The molecule has 0 atom stereocenters. The number of carbonyl (C=O) groups excluding carboxylic acids is 1. The molecule has 1 aromatic carbocycles. The third-order valence-corrected chi connectivity index (χ3v) is 3.53. The van der Waals surface area contributed by atoms with E-state index in [4.69, 9.17) is 0 Å². The molecule has 5 heteroatoms. The molecular weight excluding hydrogens is 279 g/mol. The fourth-order valence-corrected chi connectivity index (χ4v) is 2.56. The van der Waals surface area contributed by atoms with Crippen molar-refractivity contribution >= 4 is 11.6 Å². The molecule has 2 rings (SSSR count). The minimum atomic E-state index is -2.68. The minimum absolute atomic E-state index is 0.0484. The molecule has 1 fully saturated rings. The molecule has 0 unspecified atom stereocenters. The van der Waals surface area contributed by atoms with Gasteiger partial charge in [0.15, 0.2) is 0 Å². The van der Waals surface area contributed by atoms with E-state index in [1.54, 1.807) is 6.07 Å². The fourth-order valence-electron chi connectivity index (χ4n) is 2.56. The van der Waals surface area contributed by atoms with Gasteiger partial charge in [-0.2, -0.15) is 0 Å². The van der Waals surface area contributed by atoms with Gasteiger partial charge in [-0.05, 0) is 23.0 Å². The molecule has 0 aromatic heterocycles. The molecule has 0 saturated heterocycles. The van der Waals surface area contributed by atoms with Gasteiger partial charge in [-0.3, -0.25) is 4.79 Å². The molecule has 1 aromatic rings. The van der Waals surface area contributed by atoms with Crippen molar-refractivity contribution in [1.82, 2.24) is 0 Å². The monoisotopic (exact) mass is 299 g/mol. The molecule has 1 saturated carbocycles. The van der Waals surface area contributed by atoms with Gasteiger partial charge in [0.1, 0.15) is 5.82 Å². The van der Waals surface area contributed by atoms with E-state index in [0.29, 0.717) is 5.56 Å². The van der Waals surface area contributed by atoms with Crippen LogP contribution in [0.4, 0.5) is 18.9 Å². The molecule has 2 nitrogen and oxygen atoms in total. The van der Waals surface area contributed by atoms with Gasteiger partial charge in [0.05, 0.1) is 5.69 Å². The van der Waals surface area contributed by atoms with Crippen molar-refractivity contribution in [1.29, 1.82) is 0 Å². The van der Waals surface area contributed by atoms with Crippen molar-refractivity contribution in [2.75, 3.05) is 5.32 Å². The van der Waals surface area contributed by atoms with Crippen LogP contribution in [0.2, 0.25) is 0 Å². The smallest absolute Gasteiger partial charge is 0.249 e. The zero-order valence-electron chi connectivity index (χ0n) is 12.5. The maximum atomic E-state index is 14.0. The van der Waals surface area contributed by atoms with Crippen molar-refractivity contribution in [2.24, 2.45) is 5.41 Å². The number of nitrogens with one attached hydrogen (secondary N) is 1. The molecular formula is C16H20F3NO. The lowest BCUT2D eigenvalue weighted by Gasteiger charge is -2.36. The lowest BCUT2D eigenvalue weighted by Crippen LogP contribution is -2.34. The molecule has 0 heterocycles. The largest absolute Gasteiger partial charge is 0.323 e. The summed E-state index contributed by atoms with van der Waals surface area (Å²) in [5.41, 5.74) is 0.286. The summed E-state index contributed by atoms with van der Waals surface area (Å²) in [5, 5.41) is 2.55. The summed E-state index contributed by atoms with van der Waals surface area (Å²) in [6.45, 7) is 5.71. The van der Waals surface area contributed by atoms with Gasteiger partial charge in [-0.15, -0.1) is 0 Å². The Bertz CT molecular complexity index is 541. The number of hydrogen-bond acceptors (Lipinski definition) is 1. The summed E-state index contributed by atoms with van der Waals surface area (Å²) in [6, 6.07) is 4.32. The summed E-state index contributed by atoms with van der Waals surface area (Å²) in [6.07, 6.45) is -0.348. The maximum Gasteiger partial charge on any atom is 0.249 e. The predicted octanol–water partition coefficient (Wildman–Crippen LogP) is 4.71. The van der Waals surface area contributed by atoms with E-state index in [9.17, 15) is 18.0 Å². The zero-order chi connectivity index (χ0) is 15.8. The Kier molecular flexibility index (Phi) is 4.04. The van der Waals surface area contributed by atoms with Gasteiger partial charge in [-0.1, -0.05) is 32.9 Å². The molecule has 0 spiro atoms. The average Bonchev–Trinajstić information content (AvgIpc) is 2.26. The Morgan fingerprint density at radius 2 is 1.95 bits per heavy atom. The fraction of sp³-hybridized carbons (Fsp3) is 0.562. The zero-order valence-corrected chi connectivity index (χ0v) is 12.5. The number of halogens is 3. The summed E-state index contributed by atoms with van der Waals surface area (Å²) in [5.74, 6) is -3.96. The van der Waals surface area contributed by atoms with E-state index >= 15 is 0 Å². The Labute approximate surface area is 122 Å². The number of alkyl halides is 2. The highest BCUT2D eigenvalue weighted by Gasteiger charge is 2.46. The standard InChI is InChI=1S/C16H20F3NO/c1-15(2,3)9-13(21)20-14-11(5-4-6-12(14)17)10-7-16(18,19)8-10/h4-6,10H,7-9H2,1-3H3,(H,20,21). The lowest BCUT2D eigenvalue weighted by molar-refractivity contribution is -0.117. The molecule has 0 bridgehead atoms. The van der Waals surface area contributed by atoms with Crippen LogP contribution in [0.25, 0.3) is 0 Å². The number of carbonyl (C=O) groups is 1. The van der Waals surface area contributed by atoms with Crippen molar-refractivity contribution in [3.8, 4) is 0 Å². The first-order valence-corrected chi connectivity index (χ1v) is 7.03. The first kappa shape index (κ1) is 15.9. The molecule has 0 radical (unpaired) electrons. The highest BCUT2D eigenvalue weighted by Crippen LogP contribution is 2.50. The molecule has 1 aliphatic rings. The first-order valence-electron chi connectivity index (χ1n) is 7.03. The van der Waals surface area contributed by atoms with Crippen molar-refractivity contribution in [3.05, 3.63) is 29.6 Å². The van der Waals surface area contributed by atoms with Gasteiger partial charge in [0.25, 0.3) is 0 Å². The van der Waals surface area contributed by atoms with Gasteiger partial charge < -0.3 is 5.32 Å². The van der Waals surface area contributed by atoms with Crippen LogP contribution in [0, 0.1) is 11.2 Å². The van der Waals surface area contributed by atoms with Crippen LogP contribution in [0.3, 0.4) is 0 Å². The van der Waals surface area contributed by atoms with Crippen molar-refractivity contribution < 1.29 is 18.0 Å². The second kappa shape index (κ2) is 5.35. The quantitative estimate of drug-likeness (QED) is 0.860. The molecule has 116 valence electrons. The van der Waals surface area contributed by atoms with E-state index in [1.165, 1.54) is 12.1 Å². The summed E-state index contributed by atoms with van der Waals surface area (Å²) in [4.78, 5) is 12.0. The Morgan fingerprint density at radius 1 is 1.33 bits per heavy atom.